The number of carbonyl (C=O) groups is 1. The highest BCUT2D eigenvalue weighted by Gasteiger charge is 2.18. The highest BCUT2D eigenvalue weighted by Crippen LogP contribution is 2.27. The molecule has 1 aliphatic rings. The Hall–Kier alpha value is -2.15. The second kappa shape index (κ2) is 9.69. The molecule has 144 valence electrons. The van der Waals surface area contributed by atoms with Gasteiger partial charge in [0, 0.05) is 56.9 Å². The van der Waals surface area contributed by atoms with Crippen LogP contribution in [0.5, 0.6) is 5.75 Å². The number of ether oxygens (including phenoxy) is 1. The number of benzene rings is 1. The number of nitrogens with zero attached hydrogens (tertiary/aromatic N) is 3. The van der Waals surface area contributed by atoms with Gasteiger partial charge in [0.2, 0.25) is 5.91 Å². The summed E-state index contributed by atoms with van der Waals surface area (Å²) in [5.41, 5.74) is 1.70. The molecule has 0 atom stereocenters. The van der Waals surface area contributed by atoms with Gasteiger partial charge in [0.25, 0.3) is 0 Å². The first-order valence-electron chi connectivity index (χ1n) is 9.12. The van der Waals surface area contributed by atoms with Crippen LogP contribution in [0.2, 0.25) is 5.02 Å². The Kier molecular flexibility index (Phi) is 7.04. The summed E-state index contributed by atoms with van der Waals surface area (Å²) >= 11 is 6.00. The third kappa shape index (κ3) is 5.92. The highest BCUT2D eigenvalue weighted by atomic mass is 35.5. The van der Waals surface area contributed by atoms with Crippen LogP contribution in [-0.4, -0.2) is 60.5 Å². The van der Waals surface area contributed by atoms with E-state index in [1.165, 1.54) is 0 Å². The van der Waals surface area contributed by atoms with Crippen molar-refractivity contribution in [1.82, 2.24) is 14.8 Å². The molecule has 7 heteroatoms. The van der Waals surface area contributed by atoms with Crippen LogP contribution < -0.4 is 10.1 Å². The first kappa shape index (κ1) is 19.6. The first-order chi connectivity index (χ1) is 13.1. The van der Waals surface area contributed by atoms with Crippen LogP contribution >= 0.6 is 11.6 Å². The number of carbonyl (C=O) groups excluding carboxylic acids is 1. The third-order valence-electron chi connectivity index (χ3n) is 4.67. The Balaban J connectivity index is 1.41. The summed E-state index contributed by atoms with van der Waals surface area (Å²) in [6, 6.07) is 11.2. The second-order valence-corrected chi connectivity index (χ2v) is 7.02. The monoisotopic (exact) mass is 388 g/mol. The van der Waals surface area contributed by atoms with Crippen molar-refractivity contribution in [2.75, 3.05) is 45.2 Å². The van der Waals surface area contributed by atoms with E-state index in [4.69, 9.17) is 16.3 Å². The molecule has 6 nitrogen and oxygen atoms in total. The number of methoxy groups -OCH3 is 1. The van der Waals surface area contributed by atoms with Gasteiger partial charge in [-0.05, 0) is 30.3 Å². The molecule has 0 aliphatic carbocycles. The van der Waals surface area contributed by atoms with E-state index in [9.17, 15) is 4.79 Å². The molecule has 1 aromatic carbocycles. The fraction of sp³-hybridized carbons (Fsp3) is 0.400. The molecule has 2 heterocycles. The van der Waals surface area contributed by atoms with E-state index in [2.05, 4.69) is 26.2 Å². The lowest BCUT2D eigenvalue weighted by Gasteiger charge is -2.34. The molecule has 27 heavy (non-hydrogen) atoms. The second-order valence-electron chi connectivity index (χ2n) is 6.58. The summed E-state index contributed by atoms with van der Waals surface area (Å²) in [4.78, 5) is 21.4. The van der Waals surface area contributed by atoms with Gasteiger partial charge < -0.3 is 15.0 Å². The number of anilines is 1. The number of piperazine rings is 1. The number of nitrogens with one attached hydrogen (secondary N) is 1. The predicted octanol–water partition coefficient (Wildman–Crippen LogP) is 2.89. The minimum atomic E-state index is -0.0357. The molecule has 1 aromatic heterocycles. The topological polar surface area (TPSA) is 57.7 Å². The van der Waals surface area contributed by atoms with Crippen molar-refractivity contribution in [2.24, 2.45) is 0 Å². The van der Waals surface area contributed by atoms with E-state index in [1.54, 1.807) is 25.3 Å². The van der Waals surface area contributed by atoms with Crippen molar-refractivity contribution in [2.45, 2.75) is 13.0 Å². The van der Waals surface area contributed by atoms with Crippen molar-refractivity contribution in [3.63, 3.8) is 0 Å². The molecule has 1 saturated heterocycles. The first-order valence-corrected chi connectivity index (χ1v) is 9.50. The fourth-order valence-electron chi connectivity index (χ4n) is 3.14. The quantitative estimate of drug-likeness (QED) is 0.790. The van der Waals surface area contributed by atoms with Crippen molar-refractivity contribution >= 4 is 23.2 Å². The minimum Gasteiger partial charge on any atom is -0.495 e. The van der Waals surface area contributed by atoms with Crippen molar-refractivity contribution in [1.29, 1.82) is 0 Å². The van der Waals surface area contributed by atoms with Crippen molar-refractivity contribution in [3.05, 3.63) is 53.3 Å². The standard InChI is InChI=1S/C20H25ClN4O2/c1-27-19-6-5-16(21)14-18(19)23-20(26)7-9-24-10-12-25(13-11-24)15-17-4-2-3-8-22-17/h2-6,8,14H,7,9-13,15H2,1H3,(H,23,26). The number of amides is 1. The van der Waals surface area contributed by atoms with Crippen LogP contribution in [0.1, 0.15) is 12.1 Å². The Morgan fingerprint density at radius 2 is 1.96 bits per heavy atom. The molecule has 0 spiro atoms. The Labute approximate surface area is 165 Å². The zero-order valence-corrected chi connectivity index (χ0v) is 16.3. The van der Waals surface area contributed by atoms with Crippen molar-refractivity contribution < 1.29 is 9.53 Å². The number of halogens is 1. The van der Waals surface area contributed by atoms with Gasteiger partial charge in [-0.15, -0.1) is 0 Å². The van der Waals surface area contributed by atoms with Gasteiger partial charge in [-0.3, -0.25) is 14.7 Å². The molecule has 1 N–H and O–H groups in total. The lowest BCUT2D eigenvalue weighted by molar-refractivity contribution is -0.116. The number of hydrogen-bond donors (Lipinski definition) is 1. The average Bonchev–Trinajstić information content (AvgIpc) is 2.68. The zero-order chi connectivity index (χ0) is 19.1. The van der Waals surface area contributed by atoms with Crippen LogP contribution in [0.3, 0.4) is 0 Å². The van der Waals surface area contributed by atoms with Gasteiger partial charge in [0.1, 0.15) is 5.75 Å². The normalized spacial score (nSPS) is 15.5. The molecule has 0 saturated carbocycles. The smallest absolute Gasteiger partial charge is 0.225 e. The summed E-state index contributed by atoms with van der Waals surface area (Å²) in [5.74, 6) is 0.572. The van der Waals surface area contributed by atoms with Crippen molar-refractivity contribution in [3.8, 4) is 5.75 Å². The van der Waals surface area contributed by atoms with E-state index < -0.39 is 0 Å². The van der Waals surface area contributed by atoms with Gasteiger partial charge in [-0.1, -0.05) is 17.7 Å². The molecule has 0 radical (unpaired) electrons. The Morgan fingerprint density at radius 1 is 1.19 bits per heavy atom. The zero-order valence-electron chi connectivity index (χ0n) is 15.5. The molecule has 1 aliphatic heterocycles. The fourth-order valence-corrected chi connectivity index (χ4v) is 3.31. The van der Waals surface area contributed by atoms with Crippen LogP contribution in [0.25, 0.3) is 0 Å². The molecule has 2 aromatic rings. The van der Waals surface area contributed by atoms with E-state index in [-0.39, 0.29) is 5.91 Å². The average molecular weight is 389 g/mol. The molecule has 0 bridgehead atoms. The lowest BCUT2D eigenvalue weighted by atomic mass is 10.2. The molecule has 1 fully saturated rings. The maximum Gasteiger partial charge on any atom is 0.225 e. The minimum absolute atomic E-state index is 0.0357. The van der Waals surface area contributed by atoms with E-state index in [1.807, 2.05) is 18.3 Å². The highest BCUT2D eigenvalue weighted by molar-refractivity contribution is 6.31. The van der Waals surface area contributed by atoms with Gasteiger partial charge >= 0.3 is 0 Å². The predicted molar refractivity (Wildman–Crippen MR) is 107 cm³/mol. The summed E-state index contributed by atoms with van der Waals surface area (Å²) in [7, 11) is 1.57. The Morgan fingerprint density at radius 3 is 2.67 bits per heavy atom. The SMILES string of the molecule is COc1ccc(Cl)cc1NC(=O)CCN1CCN(Cc2ccccn2)CC1. The van der Waals surface area contributed by atoms with E-state index >= 15 is 0 Å². The van der Waals surface area contributed by atoms with Gasteiger partial charge in [0.15, 0.2) is 0 Å². The summed E-state index contributed by atoms with van der Waals surface area (Å²) in [5, 5.41) is 3.45. The summed E-state index contributed by atoms with van der Waals surface area (Å²) in [6.07, 6.45) is 2.27. The summed E-state index contributed by atoms with van der Waals surface area (Å²) in [6.45, 7) is 5.51. The maximum absolute atomic E-state index is 12.3. The molecule has 0 unspecified atom stereocenters. The van der Waals surface area contributed by atoms with Gasteiger partial charge in [-0.2, -0.15) is 0 Å². The maximum atomic E-state index is 12.3. The third-order valence-corrected chi connectivity index (χ3v) is 4.90. The Bertz CT molecular complexity index is 749. The number of pyridine rings is 1. The number of rotatable bonds is 7. The van der Waals surface area contributed by atoms with Gasteiger partial charge in [0.05, 0.1) is 18.5 Å². The lowest BCUT2D eigenvalue weighted by Crippen LogP contribution is -2.46. The van der Waals surface area contributed by atoms with E-state index in [0.29, 0.717) is 22.9 Å². The molecular formula is C20H25ClN4O2. The van der Waals surface area contributed by atoms with Crippen LogP contribution in [0, 0.1) is 0 Å². The number of hydrogen-bond acceptors (Lipinski definition) is 5. The summed E-state index contributed by atoms with van der Waals surface area (Å²) < 4.78 is 5.26. The van der Waals surface area contributed by atoms with Crippen LogP contribution in [0.4, 0.5) is 5.69 Å². The van der Waals surface area contributed by atoms with E-state index in [0.717, 1.165) is 45.0 Å². The number of aromatic nitrogens is 1. The largest absolute Gasteiger partial charge is 0.495 e. The van der Waals surface area contributed by atoms with Crippen LogP contribution in [-0.2, 0) is 11.3 Å². The molecule has 3 rings (SSSR count). The van der Waals surface area contributed by atoms with Crippen LogP contribution in [0.15, 0.2) is 42.6 Å². The molecular weight excluding hydrogens is 364 g/mol. The molecule has 1 amide bonds. The van der Waals surface area contributed by atoms with Gasteiger partial charge in [-0.25, -0.2) is 0 Å².